The molecule has 4 heteroatoms. The maximum atomic E-state index is 11.5. The quantitative estimate of drug-likeness (QED) is 0.690. The molecule has 116 valence electrons. The lowest BCUT2D eigenvalue weighted by atomic mass is 9.93. The Kier molecular flexibility index (Phi) is 3.69. The molecule has 1 N–H and O–H groups in total. The average molecular weight is 369 g/mol. The van der Waals surface area contributed by atoms with Crippen molar-refractivity contribution >= 4 is 33.2 Å². The van der Waals surface area contributed by atoms with Gasteiger partial charge in [-0.2, -0.15) is 0 Å². The highest BCUT2D eigenvalue weighted by atomic mass is 79.9. The number of amides is 1. The van der Waals surface area contributed by atoms with E-state index < -0.39 is 0 Å². The van der Waals surface area contributed by atoms with Crippen molar-refractivity contribution in [3.63, 3.8) is 0 Å². The van der Waals surface area contributed by atoms with E-state index in [-0.39, 0.29) is 6.04 Å². The Labute approximate surface area is 143 Å². The van der Waals surface area contributed by atoms with Gasteiger partial charge in [-0.15, -0.1) is 0 Å². The minimum Gasteiger partial charge on any atom is -0.356 e. The fraction of sp³-hybridized carbons (Fsp3) is 0.211. The van der Waals surface area contributed by atoms with Crippen LogP contribution in [0.5, 0.6) is 0 Å². The standard InChI is InChI=1S/C19H17BrN2O/c20-14-6-7-17-16(11-14)15-8-9-22(12-23)18(19(15)21-17)10-13-4-2-1-3-5-13/h1-7,11-12,18,21H,8-10H2. The van der Waals surface area contributed by atoms with E-state index in [1.54, 1.807) is 0 Å². The maximum Gasteiger partial charge on any atom is 0.210 e. The van der Waals surface area contributed by atoms with E-state index in [0.29, 0.717) is 0 Å². The number of fused-ring (bicyclic) bond motifs is 3. The molecule has 4 rings (SSSR count). The normalized spacial score (nSPS) is 17.3. The number of rotatable bonds is 3. The average Bonchev–Trinajstić information content (AvgIpc) is 2.94. The van der Waals surface area contributed by atoms with Crippen LogP contribution < -0.4 is 0 Å². The van der Waals surface area contributed by atoms with Crippen LogP contribution in [0.4, 0.5) is 0 Å². The number of halogens is 1. The van der Waals surface area contributed by atoms with Crippen LogP contribution in [0.2, 0.25) is 0 Å². The van der Waals surface area contributed by atoms with Crippen molar-refractivity contribution in [3.05, 3.63) is 69.8 Å². The number of benzene rings is 2. The molecule has 23 heavy (non-hydrogen) atoms. The lowest BCUT2D eigenvalue weighted by Crippen LogP contribution is -2.35. The van der Waals surface area contributed by atoms with E-state index in [1.165, 1.54) is 22.2 Å². The molecule has 1 unspecified atom stereocenters. The Morgan fingerprint density at radius 1 is 1.22 bits per heavy atom. The van der Waals surface area contributed by atoms with Crippen LogP contribution in [0.15, 0.2) is 53.0 Å². The monoisotopic (exact) mass is 368 g/mol. The zero-order valence-electron chi connectivity index (χ0n) is 12.6. The Morgan fingerprint density at radius 2 is 2.04 bits per heavy atom. The summed E-state index contributed by atoms with van der Waals surface area (Å²) in [6.07, 6.45) is 2.72. The number of hydrogen-bond donors (Lipinski definition) is 1. The molecule has 0 saturated carbocycles. The molecule has 3 nitrogen and oxygen atoms in total. The summed E-state index contributed by atoms with van der Waals surface area (Å²) in [6, 6.07) is 16.8. The molecule has 1 atom stereocenters. The summed E-state index contributed by atoms with van der Waals surface area (Å²) in [5, 5.41) is 1.26. The van der Waals surface area contributed by atoms with E-state index in [2.05, 4.69) is 45.2 Å². The van der Waals surface area contributed by atoms with Crippen LogP contribution in [0.1, 0.15) is 22.9 Å². The van der Waals surface area contributed by atoms with Crippen LogP contribution in [0.25, 0.3) is 10.9 Å². The van der Waals surface area contributed by atoms with Crippen molar-refractivity contribution in [2.75, 3.05) is 6.54 Å². The zero-order valence-corrected chi connectivity index (χ0v) is 14.2. The van der Waals surface area contributed by atoms with Crippen LogP contribution in [-0.4, -0.2) is 22.8 Å². The topological polar surface area (TPSA) is 36.1 Å². The van der Waals surface area contributed by atoms with Crippen LogP contribution in [-0.2, 0) is 17.6 Å². The predicted octanol–water partition coefficient (Wildman–Crippen LogP) is 4.23. The van der Waals surface area contributed by atoms with Gasteiger partial charge in [0.15, 0.2) is 0 Å². The molecule has 1 aromatic heterocycles. The molecule has 2 aromatic carbocycles. The number of nitrogens with one attached hydrogen (secondary N) is 1. The fourth-order valence-corrected chi connectivity index (χ4v) is 3.90. The number of carbonyl (C=O) groups excluding carboxylic acids is 1. The molecule has 2 heterocycles. The van der Waals surface area contributed by atoms with Gasteiger partial charge in [0.05, 0.1) is 6.04 Å². The molecule has 0 radical (unpaired) electrons. The lowest BCUT2D eigenvalue weighted by Gasteiger charge is -2.33. The van der Waals surface area contributed by atoms with Gasteiger partial charge in [0.2, 0.25) is 6.41 Å². The Balaban J connectivity index is 1.81. The summed E-state index contributed by atoms with van der Waals surface area (Å²) in [5.41, 5.74) is 4.92. The van der Waals surface area contributed by atoms with Crippen LogP contribution in [0.3, 0.4) is 0 Å². The van der Waals surface area contributed by atoms with Gasteiger partial charge in [0.1, 0.15) is 0 Å². The Hall–Kier alpha value is -2.07. The van der Waals surface area contributed by atoms with Crippen LogP contribution in [0, 0.1) is 0 Å². The number of carbonyl (C=O) groups is 1. The molecular weight excluding hydrogens is 352 g/mol. The molecule has 0 bridgehead atoms. The number of H-pyrrole nitrogens is 1. The van der Waals surface area contributed by atoms with Gasteiger partial charge < -0.3 is 9.88 Å². The summed E-state index contributed by atoms with van der Waals surface area (Å²) in [4.78, 5) is 17.0. The molecular formula is C19H17BrN2O. The SMILES string of the molecule is O=CN1CCc2c([nH]c3ccc(Br)cc23)C1Cc1ccccc1. The number of hydrogen-bond acceptors (Lipinski definition) is 1. The minimum absolute atomic E-state index is 0.0739. The highest BCUT2D eigenvalue weighted by Crippen LogP contribution is 2.36. The molecule has 0 fully saturated rings. The summed E-state index contributed by atoms with van der Waals surface area (Å²) < 4.78 is 1.09. The Morgan fingerprint density at radius 3 is 2.83 bits per heavy atom. The van der Waals surface area contributed by atoms with Gasteiger partial charge in [-0.3, -0.25) is 4.79 Å². The first kappa shape index (κ1) is 14.5. The maximum absolute atomic E-state index is 11.5. The number of nitrogens with zero attached hydrogens (tertiary/aromatic N) is 1. The largest absolute Gasteiger partial charge is 0.356 e. The molecule has 0 aliphatic carbocycles. The molecule has 0 spiro atoms. The summed E-state index contributed by atoms with van der Waals surface area (Å²) in [5.74, 6) is 0. The highest BCUT2D eigenvalue weighted by molar-refractivity contribution is 9.10. The number of aromatic nitrogens is 1. The van der Waals surface area contributed by atoms with E-state index in [0.717, 1.165) is 35.8 Å². The molecule has 3 aromatic rings. The first-order valence-corrected chi connectivity index (χ1v) is 8.60. The Bertz CT molecular complexity index is 856. The van der Waals surface area contributed by atoms with Crippen molar-refractivity contribution in [2.45, 2.75) is 18.9 Å². The second-order valence-corrected chi connectivity index (χ2v) is 6.92. The van der Waals surface area contributed by atoms with Gasteiger partial charge in [0, 0.05) is 27.6 Å². The van der Waals surface area contributed by atoms with E-state index in [1.807, 2.05) is 29.2 Å². The van der Waals surface area contributed by atoms with Crippen molar-refractivity contribution in [3.8, 4) is 0 Å². The molecule has 1 aliphatic heterocycles. The van der Waals surface area contributed by atoms with E-state index in [4.69, 9.17) is 0 Å². The van der Waals surface area contributed by atoms with Gasteiger partial charge in [-0.1, -0.05) is 46.3 Å². The van der Waals surface area contributed by atoms with E-state index in [9.17, 15) is 4.79 Å². The first-order chi connectivity index (χ1) is 11.3. The second kappa shape index (κ2) is 5.85. The van der Waals surface area contributed by atoms with Gasteiger partial charge in [-0.25, -0.2) is 0 Å². The third kappa shape index (κ3) is 2.57. The summed E-state index contributed by atoms with van der Waals surface area (Å²) >= 11 is 3.56. The van der Waals surface area contributed by atoms with Crippen molar-refractivity contribution in [1.82, 2.24) is 9.88 Å². The van der Waals surface area contributed by atoms with Gasteiger partial charge >= 0.3 is 0 Å². The summed E-state index contributed by atoms with van der Waals surface area (Å²) in [7, 11) is 0. The third-order valence-electron chi connectivity index (χ3n) is 4.66. The summed E-state index contributed by atoms with van der Waals surface area (Å²) in [6.45, 7) is 0.771. The first-order valence-electron chi connectivity index (χ1n) is 7.81. The molecule has 0 saturated heterocycles. The van der Waals surface area contributed by atoms with Crippen molar-refractivity contribution in [2.24, 2.45) is 0 Å². The van der Waals surface area contributed by atoms with Crippen molar-refractivity contribution in [1.29, 1.82) is 0 Å². The van der Waals surface area contributed by atoms with Gasteiger partial charge in [-0.05, 0) is 42.2 Å². The van der Waals surface area contributed by atoms with Gasteiger partial charge in [0.25, 0.3) is 0 Å². The smallest absolute Gasteiger partial charge is 0.210 e. The molecule has 1 aliphatic rings. The minimum atomic E-state index is 0.0739. The van der Waals surface area contributed by atoms with E-state index >= 15 is 0 Å². The van der Waals surface area contributed by atoms with Crippen LogP contribution >= 0.6 is 15.9 Å². The molecule has 1 amide bonds. The number of aromatic amines is 1. The van der Waals surface area contributed by atoms with Crippen molar-refractivity contribution < 1.29 is 4.79 Å². The third-order valence-corrected chi connectivity index (χ3v) is 5.16. The zero-order chi connectivity index (χ0) is 15.8. The predicted molar refractivity (Wildman–Crippen MR) is 95.4 cm³/mol. The fourth-order valence-electron chi connectivity index (χ4n) is 3.54. The highest BCUT2D eigenvalue weighted by Gasteiger charge is 2.29. The lowest BCUT2D eigenvalue weighted by molar-refractivity contribution is -0.120. The second-order valence-electron chi connectivity index (χ2n) is 6.01.